The van der Waals surface area contributed by atoms with Crippen molar-refractivity contribution in [2.45, 2.75) is 0 Å². The van der Waals surface area contributed by atoms with Gasteiger partial charge >= 0.3 is 0 Å². The van der Waals surface area contributed by atoms with E-state index in [1.807, 2.05) is 42.5 Å². The van der Waals surface area contributed by atoms with Crippen LogP contribution in [0.2, 0.25) is 5.02 Å². The van der Waals surface area contributed by atoms with Crippen LogP contribution in [0.15, 0.2) is 60.7 Å². The maximum atomic E-state index is 10.9. The molecule has 4 nitrogen and oxygen atoms in total. The normalized spacial score (nSPS) is 11.2. The predicted octanol–water partition coefficient (Wildman–Crippen LogP) is 5.47. The summed E-state index contributed by atoms with van der Waals surface area (Å²) in [6, 6.07) is 19.8. The molecule has 0 radical (unpaired) electrons. The molecule has 3 aromatic rings. The molecule has 116 valence electrons. The summed E-state index contributed by atoms with van der Waals surface area (Å²) in [7, 11) is 0. The quantitative estimate of drug-likeness (QED) is 0.276. The highest BCUT2D eigenvalue weighted by atomic mass is 35.5. The minimum atomic E-state index is -0.488. The molecule has 24 heavy (non-hydrogen) atoms. The fraction of sp³-hybridized carbons (Fsp3) is 0. The lowest BCUT2D eigenvalue weighted by Crippen LogP contribution is -1.90. The molecular weight excluding hydrogens is 324 g/mol. The van der Waals surface area contributed by atoms with Gasteiger partial charge in [0.25, 0.3) is 5.69 Å². The molecule has 0 N–H and O–H groups in total. The summed E-state index contributed by atoms with van der Waals surface area (Å²) in [5, 5.41) is 22.8. The maximum absolute atomic E-state index is 10.9. The monoisotopic (exact) mass is 334 g/mol. The lowest BCUT2D eigenvalue weighted by atomic mass is 9.97. The Labute approximate surface area is 143 Å². The van der Waals surface area contributed by atoms with E-state index in [1.165, 1.54) is 18.2 Å². The average molecular weight is 335 g/mol. The fourth-order valence-electron chi connectivity index (χ4n) is 2.54. The fourth-order valence-corrected chi connectivity index (χ4v) is 2.71. The minimum Gasteiger partial charge on any atom is -0.258 e. The van der Waals surface area contributed by atoms with Gasteiger partial charge in [0.2, 0.25) is 0 Å². The van der Waals surface area contributed by atoms with Gasteiger partial charge in [0, 0.05) is 28.3 Å². The van der Waals surface area contributed by atoms with E-state index in [-0.39, 0.29) is 5.69 Å². The van der Waals surface area contributed by atoms with Crippen molar-refractivity contribution in [3.63, 3.8) is 0 Å². The number of benzene rings is 3. The van der Waals surface area contributed by atoms with Gasteiger partial charge in [-0.25, -0.2) is 0 Å². The number of allylic oxidation sites excluding steroid dienone is 1. The molecule has 0 aliphatic rings. The second kappa shape index (κ2) is 6.53. The van der Waals surface area contributed by atoms with Gasteiger partial charge in [-0.05, 0) is 22.9 Å². The maximum Gasteiger partial charge on any atom is 0.270 e. The topological polar surface area (TPSA) is 66.9 Å². The van der Waals surface area contributed by atoms with Crippen LogP contribution in [-0.2, 0) is 0 Å². The molecule has 0 saturated carbocycles. The largest absolute Gasteiger partial charge is 0.270 e. The third-order valence-electron chi connectivity index (χ3n) is 3.69. The van der Waals surface area contributed by atoms with Gasteiger partial charge in [0.05, 0.1) is 16.6 Å². The zero-order valence-electron chi connectivity index (χ0n) is 12.4. The Balaban J connectivity index is 2.19. The van der Waals surface area contributed by atoms with Crippen molar-refractivity contribution < 1.29 is 4.92 Å². The summed E-state index contributed by atoms with van der Waals surface area (Å²) in [5.74, 6) is 0. The van der Waals surface area contributed by atoms with E-state index in [2.05, 4.69) is 6.07 Å². The molecule has 0 aromatic heterocycles. The number of fused-ring (bicyclic) bond motifs is 1. The molecule has 5 heteroatoms. The van der Waals surface area contributed by atoms with Gasteiger partial charge in [-0.2, -0.15) is 5.26 Å². The molecule has 3 rings (SSSR count). The molecule has 0 unspecified atom stereocenters. The lowest BCUT2D eigenvalue weighted by molar-refractivity contribution is -0.384. The highest BCUT2D eigenvalue weighted by molar-refractivity contribution is 6.32. The second-order valence-corrected chi connectivity index (χ2v) is 5.57. The highest BCUT2D eigenvalue weighted by Crippen LogP contribution is 2.29. The van der Waals surface area contributed by atoms with E-state index in [0.29, 0.717) is 16.2 Å². The molecule has 0 atom stereocenters. The molecule has 0 fully saturated rings. The van der Waals surface area contributed by atoms with E-state index in [0.717, 1.165) is 16.3 Å². The third-order valence-corrected chi connectivity index (χ3v) is 4.03. The Morgan fingerprint density at radius 3 is 2.62 bits per heavy atom. The molecule has 0 amide bonds. The van der Waals surface area contributed by atoms with E-state index < -0.39 is 4.92 Å². The Morgan fingerprint density at radius 1 is 1.12 bits per heavy atom. The van der Waals surface area contributed by atoms with Crippen LogP contribution in [0.1, 0.15) is 11.1 Å². The zero-order chi connectivity index (χ0) is 17.1. The van der Waals surface area contributed by atoms with E-state index in [9.17, 15) is 15.4 Å². The zero-order valence-corrected chi connectivity index (χ0v) is 13.2. The number of rotatable bonds is 3. The van der Waals surface area contributed by atoms with Crippen LogP contribution in [0.4, 0.5) is 5.69 Å². The van der Waals surface area contributed by atoms with Crippen molar-refractivity contribution in [3.05, 3.63) is 86.9 Å². The van der Waals surface area contributed by atoms with Crippen LogP contribution >= 0.6 is 11.6 Å². The summed E-state index contributed by atoms with van der Waals surface area (Å²) in [4.78, 5) is 10.5. The summed E-state index contributed by atoms with van der Waals surface area (Å²) in [6.07, 6.45) is 1.58. The first-order valence-corrected chi connectivity index (χ1v) is 7.52. The number of nitrogens with zero attached hydrogens (tertiary/aromatic N) is 2. The second-order valence-electron chi connectivity index (χ2n) is 5.16. The molecule has 0 aliphatic carbocycles. The first-order chi connectivity index (χ1) is 11.6. The van der Waals surface area contributed by atoms with Crippen LogP contribution in [0.5, 0.6) is 0 Å². The number of halogens is 1. The van der Waals surface area contributed by atoms with Crippen LogP contribution in [0.3, 0.4) is 0 Å². The van der Waals surface area contributed by atoms with Crippen molar-refractivity contribution in [2.75, 3.05) is 0 Å². The molecule has 0 aliphatic heterocycles. The van der Waals surface area contributed by atoms with Crippen molar-refractivity contribution in [1.82, 2.24) is 0 Å². The smallest absolute Gasteiger partial charge is 0.258 e. The van der Waals surface area contributed by atoms with Crippen molar-refractivity contribution in [3.8, 4) is 6.07 Å². The van der Waals surface area contributed by atoms with Crippen molar-refractivity contribution in [1.29, 1.82) is 5.26 Å². The van der Waals surface area contributed by atoms with Crippen LogP contribution in [0.25, 0.3) is 22.4 Å². The van der Waals surface area contributed by atoms with E-state index in [1.54, 1.807) is 6.08 Å². The van der Waals surface area contributed by atoms with Crippen molar-refractivity contribution >= 4 is 39.7 Å². The first-order valence-electron chi connectivity index (χ1n) is 7.14. The van der Waals surface area contributed by atoms with Gasteiger partial charge in [-0.15, -0.1) is 0 Å². The van der Waals surface area contributed by atoms with E-state index in [4.69, 9.17) is 11.6 Å². The SMILES string of the molecule is N#C/C(=C\c1cc([N+](=O)[O-])ccc1Cl)c1cccc2ccccc12. The van der Waals surface area contributed by atoms with E-state index >= 15 is 0 Å². The summed E-state index contributed by atoms with van der Waals surface area (Å²) in [5.41, 5.74) is 1.53. The lowest BCUT2D eigenvalue weighted by Gasteiger charge is -2.06. The van der Waals surface area contributed by atoms with Gasteiger partial charge in [0.15, 0.2) is 0 Å². The van der Waals surface area contributed by atoms with Gasteiger partial charge < -0.3 is 0 Å². The minimum absolute atomic E-state index is 0.0686. The Morgan fingerprint density at radius 2 is 1.88 bits per heavy atom. The predicted molar refractivity (Wildman–Crippen MR) is 95.5 cm³/mol. The van der Waals surface area contributed by atoms with Gasteiger partial charge in [0.1, 0.15) is 0 Å². The number of nitro groups is 1. The van der Waals surface area contributed by atoms with Crippen LogP contribution < -0.4 is 0 Å². The third kappa shape index (κ3) is 2.98. The molecular formula is C19H11ClN2O2. The Kier molecular flexibility index (Phi) is 4.28. The molecule has 0 heterocycles. The number of hydrogen-bond acceptors (Lipinski definition) is 3. The van der Waals surface area contributed by atoms with Gasteiger partial charge in [-0.1, -0.05) is 54.1 Å². The number of non-ortho nitro benzene ring substituents is 1. The highest BCUT2D eigenvalue weighted by Gasteiger charge is 2.11. The van der Waals surface area contributed by atoms with Gasteiger partial charge in [-0.3, -0.25) is 10.1 Å². The number of hydrogen-bond donors (Lipinski definition) is 0. The summed E-state index contributed by atoms with van der Waals surface area (Å²) >= 11 is 6.13. The van der Waals surface area contributed by atoms with Crippen LogP contribution in [-0.4, -0.2) is 4.92 Å². The molecule has 3 aromatic carbocycles. The molecule has 0 saturated heterocycles. The first kappa shape index (κ1) is 15.7. The molecule has 0 bridgehead atoms. The standard InChI is InChI=1S/C19H11ClN2O2/c20-19-9-8-16(22(23)24)11-14(19)10-15(12-21)18-7-3-5-13-4-1-2-6-17(13)18/h1-11H/b15-10+. The Bertz CT molecular complexity index is 1010. The number of nitriles is 1. The Hall–Kier alpha value is -3.16. The summed E-state index contributed by atoms with van der Waals surface area (Å²) < 4.78 is 0. The number of nitro benzene ring substituents is 1. The van der Waals surface area contributed by atoms with Crippen LogP contribution in [0, 0.1) is 21.4 Å². The molecule has 0 spiro atoms. The summed E-state index contributed by atoms with van der Waals surface area (Å²) in [6.45, 7) is 0. The van der Waals surface area contributed by atoms with Crippen molar-refractivity contribution in [2.24, 2.45) is 0 Å². The average Bonchev–Trinajstić information content (AvgIpc) is 2.60.